The average molecular weight is 259 g/mol. The highest BCUT2D eigenvalue weighted by molar-refractivity contribution is 7.80. The fourth-order valence-electron chi connectivity index (χ4n) is 1.48. The molecule has 2 N–H and O–H groups in total. The molecular formula is C12H25N3OS. The highest BCUT2D eigenvalue weighted by atomic mass is 32.1. The Hall–Kier alpha value is -0.680. The van der Waals surface area contributed by atoms with Crippen LogP contribution in [0.4, 0.5) is 0 Å². The van der Waals surface area contributed by atoms with Gasteiger partial charge < -0.3 is 15.5 Å². The van der Waals surface area contributed by atoms with Gasteiger partial charge in [-0.1, -0.05) is 6.92 Å². The number of rotatable bonds is 8. The molecule has 17 heavy (non-hydrogen) atoms. The van der Waals surface area contributed by atoms with E-state index in [9.17, 15) is 4.79 Å². The summed E-state index contributed by atoms with van der Waals surface area (Å²) in [7, 11) is 4.10. The first-order valence-electron chi connectivity index (χ1n) is 6.14. The number of carbonyl (C=O) groups excluding carboxylic acids is 1. The van der Waals surface area contributed by atoms with Gasteiger partial charge in [0.05, 0.1) is 0 Å². The zero-order chi connectivity index (χ0) is 13.3. The molecule has 0 bridgehead atoms. The first-order chi connectivity index (χ1) is 7.95. The van der Waals surface area contributed by atoms with E-state index in [1.54, 1.807) is 6.92 Å². The Morgan fingerprint density at radius 3 is 2.53 bits per heavy atom. The van der Waals surface area contributed by atoms with Crippen LogP contribution in [-0.4, -0.2) is 49.0 Å². The maximum Gasteiger partial charge on any atom is 0.166 e. The Morgan fingerprint density at radius 1 is 1.41 bits per heavy atom. The van der Waals surface area contributed by atoms with Crippen LogP contribution in [0.1, 0.15) is 33.1 Å². The monoisotopic (exact) mass is 259 g/mol. The van der Waals surface area contributed by atoms with E-state index in [0.717, 1.165) is 25.9 Å². The van der Waals surface area contributed by atoms with Gasteiger partial charge in [-0.2, -0.15) is 0 Å². The van der Waals surface area contributed by atoms with Crippen LogP contribution in [0.3, 0.4) is 0 Å². The molecule has 0 aromatic rings. The highest BCUT2D eigenvalue weighted by Gasteiger charge is 2.09. The van der Waals surface area contributed by atoms with E-state index in [0.29, 0.717) is 11.5 Å². The molecule has 0 aliphatic carbocycles. The molecule has 1 unspecified atom stereocenters. The summed E-state index contributed by atoms with van der Waals surface area (Å²) in [6, 6.07) is 0.154. The molecule has 0 aliphatic rings. The lowest BCUT2D eigenvalue weighted by Gasteiger charge is -2.18. The summed E-state index contributed by atoms with van der Waals surface area (Å²) >= 11 is 5.18. The number of hydrogen-bond donors (Lipinski definition) is 2. The van der Waals surface area contributed by atoms with Crippen LogP contribution in [0.15, 0.2) is 0 Å². The Bertz CT molecular complexity index is 244. The van der Waals surface area contributed by atoms with Crippen molar-refractivity contribution in [2.45, 2.75) is 39.2 Å². The van der Waals surface area contributed by atoms with Crippen LogP contribution in [0.5, 0.6) is 0 Å². The first-order valence-corrected chi connectivity index (χ1v) is 6.55. The fourth-order valence-corrected chi connectivity index (χ4v) is 1.75. The zero-order valence-corrected chi connectivity index (χ0v) is 12.2. The summed E-state index contributed by atoms with van der Waals surface area (Å²) < 4.78 is 0. The molecule has 0 aliphatic heterocycles. The van der Waals surface area contributed by atoms with Gasteiger partial charge in [-0.05, 0) is 52.6 Å². The van der Waals surface area contributed by atoms with Crippen LogP contribution >= 0.6 is 12.2 Å². The van der Waals surface area contributed by atoms with Crippen LogP contribution in [0, 0.1) is 0 Å². The van der Waals surface area contributed by atoms with Crippen molar-refractivity contribution in [2.24, 2.45) is 0 Å². The molecule has 0 saturated carbocycles. The van der Waals surface area contributed by atoms with E-state index < -0.39 is 0 Å². The molecule has 0 saturated heterocycles. The van der Waals surface area contributed by atoms with Crippen molar-refractivity contribution >= 4 is 23.1 Å². The number of Topliss-reactive ketones (excluding diaryl/α,β-unsaturated/α-hetero) is 1. The van der Waals surface area contributed by atoms with Crippen molar-refractivity contribution < 1.29 is 4.79 Å². The second kappa shape index (κ2) is 9.36. The Balaban J connectivity index is 3.72. The normalized spacial score (nSPS) is 12.3. The molecule has 0 amide bonds. The molecule has 100 valence electrons. The maximum absolute atomic E-state index is 11.0. The fraction of sp³-hybridized carbons (Fsp3) is 0.833. The highest BCUT2D eigenvalue weighted by Crippen LogP contribution is 1.98. The minimum Gasteiger partial charge on any atom is -0.363 e. The standard InChI is InChI=1S/C12H25N3OS/c1-5-11(9-10(2)16)14-12(17)13-7-6-8-15(3)4/h11H,5-9H2,1-4H3,(H2,13,14,17). The third-order valence-electron chi connectivity index (χ3n) is 2.43. The van der Waals surface area contributed by atoms with E-state index in [4.69, 9.17) is 12.2 Å². The molecule has 1 atom stereocenters. The van der Waals surface area contributed by atoms with E-state index in [1.165, 1.54) is 0 Å². The number of nitrogens with one attached hydrogen (secondary N) is 2. The maximum atomic E-state index is 11.0. The lowest BCUT2D eigenvalue weighted by Crippen LogP contribution is -2.43. The van der Waals surface area contributed by atoms with E-state index in [2.05, 4.69) is 36.6 Å². The van der Waals surface area contributed by atoms with Gasteiger partial charge in [0.25, 0.3) is 0 Å². The Kier molecular flexibility index (Phi) is 8.99. The SMILES string of the molecule is CCC(CC(C)=O)NC(=S)NCCCN(C)C. The molecule has 0 heterocycles. The van der Waals surface area contributed by atoms with Crippen molar-refractivity contribution in [1.29, 1.82) is 0 Å². The van der Waals surface area contributed by atoms with Gasteiger partial charge in [0, 0.05) is 19.0 Å². The van der Waals surface area contributed by atoms with Crippen LogP contribution in [0.25, 0.3) is 0 Å². The van der Waals surface area contributed by atoms with Gasteiger partial charge in [0.15, 0.2) is 5.11 Å². The average Bonchev–Trinajstić information content (AvgIpc) is 2.22. The van der Waals surface area contributed by atoms with Gasteiger partial charge in [0.2, 0.25) is 0 Å². The summed E-state index contributed by atoms with van der Waals surface area (Å²) in [5.74, 6) is 0.194. The predicted molar refractivity (Wildman–Crippen MR) is 76.3 cm³/mol. The van der Waals surface area contributed by atoms with Crippen molar-refractivity contribution in [3.05, 3.63) is 0 Å². The number of carbonyl (C=O) groups is 1. The Labute approximate surface area is 110 Å². The van der Waals surface area contributed by atoms with Crippen molar-refractivity contribution in [3.8, 4) is 0 Å². The number of hydrogen-bond acceptors (Lipinski definition) is 3. The van der Waals surface area contributed by atoms with Crippen molar-refractivity contribution in [3.63, 3.8) is 0 Å². The van der Waals surface area contributed by atoms with Gasteiger partial charge in [0.1, 0.15) is 5.78 Å². The third-order valence-corrected chi connectivity index (χ3v) is 2.69. The van der Waals surface area contributed by atoms with Gasteiger partial charge in [-0.25, -0.2) is 0 Å². The van der Waals surface area contributed by atoms with Gasteiger partial charge in [-0.15, -0.1) is 0 Å². The second-order valence-electron chi connectivity index (χ2n) is 4.57. The molecule has 0 spiro atoms. The van der Waals surface area contributed by atoms with Crippen LogP contribution < -0.4 is 10.6 Å². The van der Waals surface area contributed by atoms with Gasteiger partial charge in [-0.3, -0.25) is 4.79 Å². The molecular weight excluding hydrogens is 234 g/mol. The smallest absolute Gasteiger partial charge is 0.166 e. The molecule has 0 rings (SSSR count). The van der Waals surface area contributed by atoms with Crippen molar-refractivity contribution in [2.75, 3.05) is 27.2 Å². The molecule has 5 heteroatoms. The predicted octanol–water partition coefficient (Wildman–Crippen LogP) is 1.16. The summed E-state index contributed by atoms with van der Waals surface area (Å²) in [4.78, 5) is 13.2. The minimum atomic E-state index is 0.154. The third kappa shape index (κ3) is 10.2. The molecule has 0 aromatic heterocycles. The molecule has 0 aromatic carbocycles. The quantitative estimate of drug-likeness (QED) is 0.506. The number of thiocarbonyl (C=S) groups is 1. The first kappa shape index (κ1) is 16.3. The summed E-state index contributed by atoms with van der Waals surface area (Å²) in [6.45, 7) is 5.56. The lowest BCUT2D eigenvalue weighted by molar-refractivity contribution is -0.117. The molecule has 0 radical (unpaired) electrons. The van der Waals surface area contributed by atoms with Gasteiger partial charge >= 0.3 is 0 Å². The Morgan fingerprint density at radius 2 is 2.06 bits per heavy atom. The lowest BCUT2D eigenvalue weighted by atomic mass is 10.1. The zero-order valence-electron chi connectivity index (χ0n) is 11.4. The number of nitrogens with zero attached hydrogens (tertiary/aromatic N) is 1. The van der Waals surface area contributed by atoms with E-state index in [1.807, 2.05) is 0 Å². The van der Waals surface area contributed by atoms with E-state index >= 15 is 0 Å². The summed E-state index contributed by atoms with van der Waals surface area (Å²) in [5, 5.41) is 6.98. The van der Waals surface area contributed by atoms with Crippen molar-refractivity contribution in [1.82, 2.24) is 15.5 Å². The topological polar surface area (TPSA) is 44.4 Å². The summed E-state index contributed by atoms with van der Waals surface area (Å²) in [5.41, 5.74) is 0. The molecule has 4 nitrogen and oxygen atoms in total. The summed E-state index contributed by atoms with van der Waals surface area (Å²) in [6.07, 6.45) is 2.49. The molecule has 0 fully saturated rings. The largest absolute Gasteiger partial charge is 0.363 e. The van der Waals surface area contributed by atoms with Crippen LogP contribution in [0.2, 0.25) is 0 Å². The minimum absolute atomic E-state index is 0.154. The van der Waals surface area contributed by atoms with Crippen LogP contribution in [-0.2, 0) is 4.79 Å². The number of ketones is 1. The van der Waals surface area contributed by atoms with E-state index in [-0.39, 0.29) is 11.8 Å². The second-order valence-corrected chi connectivity index (χ2v) is 4.98.